The first-order chi connectivity index (χ1) is 9.76. The molecular weight excluding hydrogens is 252 g/mol. The predicted molar refractivity (Wildman–Crippen MR) is 79.7 cm³/mol. The topological polar surface area (TPSA) is 61.0 Å². The van der Waals surface area contributed by atoms with Crippen molar-refractivity contribution in [1.82, 2.24) is 20.2 Å². The first kappa shape index (κ1) is 13.3. The Morgan fingerprint density at radius 2 is 2.30 bits per heavy atom. The lowest BCUT2D eigenvalue weighted by atomic mass is 10.1. The highest BCUT2D eigenvalue weighted by molar-refractivity contribution is 5.73. The van der Waals surface area contributed by atoms with E-state index in [1.807, 2.05) is 31.3 Å². The van der Waals surface area contributed by atoms with Crippen LogP contribution in [0.4, 0.5) is 0 Å². The molecule has 0 saturated carbocycles. The molecule has 1 fully saturated rings. The van der Waals surface area contributed by atoms with Crippen LogP contribution in [-0.4, -0.2) is 41.5 Å². The van der Waals surface area contributed by atoms with Crippen LogP contribution >= 0.6 is 0 Å². The number of H-pyrrole nitrogens is 1. The molecule has 2 heterocycles. The molecule has 5 nitrogen and oxygen atoms in total. The molecule has 1 aromatic carbocycles. The Kier molecular flexibility index (Phi) is 3.80. The maximum atomic E-state index is 12.1. The van der Waals surface area contributed by atoms with Crippen molar-refractivity contribution < 1.29 is 0 Å². The van der Waals surface area contributed by atoms with E-state index in [2.05, 4.69) is 20.2 Å². The largest absolute Gasteiger partial charge is 0.319 e. The van der Waals surface area contributed by atoms with Crippen LogP contribution in [0.15, 0.2) is 29.1 Å². The van der Waals surface area contributed by atoms with E-state index in [1.54, 1.807) is 0 Å². The first-order valence-corrected chi connectivity index (χ1v) is 7.11. The van der Waals surface area contributed by atoms with Gasteiger partial charge >= 0.3 is 0 Å². The van der Waals surface area contributed by atoms with Gasteiger partial charge in [-0.25, -0.2) is 4.98 Å². The van der Waals surface area contributed by atoms with E-state index in [0.717, 1.165) is 30.7 Å². The third-order valence-corrected chi connectivity index (χ3v) is 3.91. The number of hydrogen-bond donors (Lipinski definition) is 2. The van der Waals surface area contributed by atoms with Gasteiger partial charge in [0.05, 0.1) is 11.0 Å². The Bertz CT molecular complexity index is 652. The number of hydrogen-bond acceptors (Lipinski definition) is 4. The molecule has 5 heteroatoms. The SMILES string of the molecule is CNCC1CCN(Cc2nc3ccccc3[nH]c2=O)C1. The van der Waals surface area contributed by atoms with Gasteiger partial charge in [-0.2, -0.15) is 0 Å². The fourth-order valence-electron chi connectivity index (χ4n) is 2.90. The summed E-state index contributed by atoms with van der Waals surface area (Å²) >= 11 is 0. The van der Waals surface area contributed by atoms with Crippen molar-refractivity contribution in [3.8, 4) is 0 Å². The van der Waals surface area contributed by atoms with Gasteiger partial charge in [0, 0.05) is 13.1 Å². The van der Waals surface area contributed by atoms with Gasteiger partial charge in [-0.15, -0.1) is 0 Å². The van der Waals surface area contributed by atoms with E-state index in [1.165, 1.54) is 6.42 Å². The lowest BCUT2D eigenvalue weighted by molar-refractivity contribution is 0.310. The summed E-state index contributed by atoms with van der Waals surface area (Å²) in [5.74, 6) is 0.680. The van der Waals surface area contributed by atoms with Gasteiger partial charge < -0.3 is 10.3 Å². The fourth-order valence-corrected chi connectivity index (χ4v) is 2.90. The fraction of sp³-hybridized carbons (Fsp3) is 0.467. The van der Waals surface area contributed by atoms with Crippen LogP contribution in [0.5, 0.6) is 0 Å². The van der Waals surface area contributed by atoms with Gasteiger partial charge in [-0.05, 0) is 44.6 Å². The summed E-state index contributed by atoms with van der Waals surface area (Å²) in [5.41, 5.74) is 2.21. The average molecular weight is 272 g/mol. The molecular formula is C15H20N4O. The van der Waals surface area contributed by atoms with Crippen LogP contribution in [0.1, 0.15) is 12.1 Å². The van der Waals surface area contributed by atoms with Crippen molar-refractivity contribution in [3.05, 3.63) is 40.3 Å². The number of benzene rings is 1. The Hall–Kier alpha value is -1.72. The number of aromatic nitrogens is 2. The van der Waals surface area contributed by atoms with Crippen LogP contribution in [0.3, 0.4) is 0 Å². The third-order valence-electron chi connectivity index (χ3n) is 3.91. The second-order valence-electron chi connectivity index (χ2n) is 5.48. The van der Waals surface area contributed by atoms with Gasteiger partial charge in [0.25, 0.3) is 5.56 Å². The second kappa shape index (κ2) is 5.73. The number of para-hydroxylation sites is 2. The van der Waals surface area contributed by atoms with Gasteiger partial charge in [0.2, 0.25) is 0 Å². The summed E-state index contributed by atoms with van der Waals surface area (Å²) in [5, 5.41) is 3.22. The summed E-state index contributed by atoms with van der Waals surface area (Å²) in [6.45, 7) is 3.76. The third kappa shape index (κ3) is 2.73. The Morgan fingerprint density at radius 1 is 1.45 bits per heavy atom. The molecule has 1 aromatic heterocycles. The number of rotatable bonds is 4. The van der Waals surface area contributed by atoms with Crippen LogP contribution < -0.4 is 10.9 Å². The van der Waals surface area contributed by atoms with Crippen LogP contribution in [0.25, 0.3) is 11.0 Å². The quantitative estimate of drug-likeness (QED) is 0.870. The minimum Gasteiger partial charge on any atom is -0.319 e. The summed E-state index contributed by atoms with van der Waals surface area (Å²) < 4.78 is 0. The monoisotopic (exact) mass is 272 g/mol. The molecule has 2 N–H and O–H groups in total. The number of likely N-dealkylation sites (tertiary alicyclic amines) is 1. The highest BCUT2D eigenvalue weighted by Crippen LogP contribution is 2.17. The summed E-state index contributed by atoms with van der Waals surface area (Å²) in [7, 11) is 1.98. The first-order valence-electron chi connectivity index (χ1n) is 7.11. The lowest BCUT2D eigenvalue weighted by Crippen LogP contribution is -2.28. The van der Waals surface area contributed by atoms with Gasteiger partial charge in [-0.3, -0.25) is 9.69 Å². The lowest BCUT2D eigenvalue weighted by Gasteiger charge is -2.15. The van der Waals surface area contributed by atoms with Gasteiger partial charge in [0.1, 0.15) is 5.69 Å². The van der Waals surface area contributed by atoms with E-state index in [0.29, 0.717) is 18.2 Å². The molecule has 1 saturated heterocycles. The van der Waals surface area contributed by atoms with Crippen molar-refractivity contribution in [2.24, 2.45) is 5.92 Å². The molecule has 0 aliphatic carbocycles. The molecule has 2 aromatic rings. The van der Waals surface area contributed by atoms with E-state index in [-0.39, 0.29) is 5.56 Å². The van der Waals surface area contributed by atoms with E-state index in [9.17, 15) is 4.79 Å². The molecule has 0 amide bonds. The van der Waals surface area contributed by atoms with Crippen molar-refractivity contribution in [3.63, 3.8) is 0 Å². The van der Waals surface area contributed by atoms with Crippen molar-refractivity contribution in [1.29, 1.82) is 0 Å². The Labute approximate surface area is 118 Å². The van der Waals surface area contributed by atoms with Crippen LogP contribution in [0, 0.1) is 5.92 Å². The molecule has 3 rings (SSSR count). The molecule has 20 heavy (non-hydrogen) atoms. The molecule has 0 spiro atoms. The van der Waals surface area contributed by atoms with E-state index < -0.39 is 0 Å². The number of nitrogens with one attached hydrogen (secondary N) is 2. The summed E-state index contributed by atoms with van der Waals surface area (Å²) in [6.07, 6.45) is 1.19. The number of fused-ring (bicyclic) bond motifs is 1. The van der Waals surface area contributed by atoms with Crippen molar-refractivity contribution >= 4 is 11.0 Å². The molecule has 1 atom stereocenters. The minimum absolute atomic E-state index is 0.0687. The van der Waals surface area contributed by atoms with E-state index >= 15 is 0 Å². The highest BCUT2D eigenvalue weighted by atomic mass is 16.1. The number of nitrogens with zero attached hydrogens (tertiary/aromatic N) is 2. The Morgan fingerprint density at radius 3 is 3.15 bits per heavy atom. The maximum Gasteiger partial charge on any atom is 0.271 e. The molecule has 0 radical (unpaired) electrons. The predicted octanol–water partition coefficient (Wildman–Crippen LogP) is 0.964. The summed E-state index contributed by atoms with van der Waals surface area (Å²) in [4.78, 5) is 21.8. The molecule has 106 valence electrons. The average Bonchev–Trinajstić information content (AvgIpc) is 2.87. The number of aromatic amines is 1. The zero-order chi connectivity index (χ0) is 13.9. The molecule has 1 aliphatic heterocycles. The van der Waals surface area contributed by atoms with Crippen molar-refractivity contribution in [2.75, 3.05) is 26.7 Å². The normalized spacial score (nSPS) is 19.8. The van der Waals surface area contributed by atoms with Gasteiger partial charge in [-0.1, -0.05) is 12.1 Å². The standard InChI is InChI=1S/C15H20N4O/c1-16-8-11-6-7-19(9-11)10-14-15(20)18-13-5-3-2-4-12(13)17-14/h2-5,11,16H,6-10H2,1H3,(H,18,20). The smallest absolute Gasteiger partial charge is 0.271 e. The van der Waals surface area contributed by atoms with E-state index in [4.69, 9.17) is 0 Å². The Balaban J connectivity index is 1.78. The zero-order valence-electron chi connectivity index (χ0n) is 11.7. The maximum absolute atomic E-state index is 12.1. The zero-order valence-corrected chi connectivity index (χ0v) is 11.7. The van der Waals surface area contributed by atoms with Gasteiger partial charge in [0.15, 0.2) is 0 Å². The second-order valence-corrected chi connectivity index (χ2v) is 5.48. The van der Waals surface area contributed by atoms with Crippen LogP contribution in [-0.2, 0) is 6.54 Å². The molecule has 0 bridgehead atoms. The summed E-state index contributed by atoms with van der Waals surface area (Å²) in [6, 6.07) is 7.66. The molecule has 1 unspecified atom stereocenters. The minimum atomic E-state index is -0.0687. The highest BCUT2D eigenvalue weighted by Gasteiger charge is 2.22. The van der Waals surface area contributed by atoms with Crippen LogP contribution in [0.2, 0.25) is 0 Å². The molecule has 1 aliphatic rings. The van der Waals surface area contributed by atoms with Crippen molar-refractivity contribution in [2.45, 2.75) is 13.0 Å².